The number of ether oxygens (including phenoxy) is 1. The van der Waals surface area contributed by atoms with E-state index >= 15 is 0 Å². The molecule has 23 heavy (non-hydrogen) atoms. The molecule has 0 aromatic heterocycles. The molecule has 0 aliphatic heterocycles. The summed E-state index contributed by atoms with van der Waals surface area (Å²) in [5.41, 5.74) is 0.348. The van der Waals surface area contributed by atoms with Crippen molar-refractivity contribution >= 4 is 11.9 Å². The fourth-order valence-corrected chi connectivity index (χ4v) is 2.05. The van der Waals surface area contributed by atoms with Crippen molar-refractivity contribution in [2.75, 3.05) is 27.2 Å². The quantitative estimate of drug-likeness (QED) is 0.725. The van der Waals surface area contributed by atoms with E-state index in [-0.39, 0.29) is 5.92 Å². The Morgan fingerprint density at radius 1 is 1.26 bits per heavy atom. The molecular formula is C17H26N2O4. The van der Waals surface area contributed by atoms with E-state index in [0.29, 0.717) is 24.3 Å². The van der Waals surface area contributed by atoms with Gasteiger partial charge in [0.1, 0.15) is 18.4 Å². The second kappa shape index (κ2) is 9.15. The van der Waals surface area contributed by atoms with Crippen LogP contribution in [0, 0.1) is 5.92 Å². The number of likely N-dealkylation sites (N-methyl/N-ethyl adjacent to an activating group) is 1. The maximum Gasteiger partial charge on any atom is 0.326 e. The van der Waals surface area contributed by atoms with Crippen molar-refractivity contribution in [3.63, 3.8) is 0 Å². The normalized spacial score (nSPS) is 12.3. The number of carbonyl (C=O) groups is 2. The van der Waals surface area contributed by atoms with Crippen LogP contribution >= 0.6 is 0 Å². The summed E-state index contributed by atoms with van der Waals surface area (Å²) in [6, 6.07) is 5.95. The van der Waals surface area contributed by atoms with Gasteiger partial charge < -0.3 is 20.1 Å². The highest BCUT2D eigenvalue weighted by Crippen LogP contribution is 2.18. The molecule has 0 aliphatic carbocycles. The van der Waals surface area contributed by atoms with Crippen LogP contribution in [-0.2, 0) is 4.79 Å². The molecule has 0 fully saturated rings. The van der Waals surface area contributed by atoms with Crippen LogP contribution in [0.5, 0.6) is 5.75 Å². The Kier molecular flexibility index (Phi) is 7.54. The molecule has 2 N–H and O–H groups in total. The van der Waals surface area contributed by atoms with E-state index in [0.717, 1.165) is 6.54 Å². The molecule has 1 atom stereocenters. The van der Waals surface area contributed by atoms with Crippen molar-refractivity contribution < 1.29 is 19.4 Å². The number of hydrogen-bond donors (Lipinski definition) is 2. The maximum absolute atomic E-state index is 12.4. The Balaban J connectivity index is 2.80. The molecule has 1 aromatic carbocycles. The van der Waals surface area contributed by atoms with Crippen LogP contribution in [0.2, 0.25) is 0 Å². The number of nitrogens with zero attached hydrogens (tertiary/aromatic N) is 1. The van der Waals surface area contributed by atoms with Gasteiger partial charge in [-0.2, -0.15) is 0 Å². The molecule has 0 spiro atoms. The molecule has 0 heterocycles. The van der Waals surface area contributed by atoms with Crippen molar-refractivity contribution in [2.24, 2.45) is 5.92 Å². The number of carboxylic acid groups (broad SMARTS) is 1. The summed E-state index contributed by atoms with van der Waals surface area (Å²) in [5, 5.41) is 11.8. The molecular weight excluding hydrogens is 296 g/mol. The monoisotopic (exact) mass is 322 g/mol. The minimum Gasteiger partial charge on any atom is -0.491 e. The number of carbonyl (C=O) groups excluding carboxylic acids is 1. The molecule has 0 saturated carbocycles. The summed E-state index contributed by atoms with van der Waals surface area (Å²) in [7, 11) is 3.87. The Bertz CT molecular complexity index is 529. The minimum absolute atomic E-state index is 0.169. The summed E-state index contributed by atoms with van der Waals surface area (Å²) >= 11 is 0. The predicted molar refractivity (Wildman–Crippen MR) is 88.8 cm³/mol. The smallest absolute Gasteiger partial charge is 0.326 e. The third-order valence-corrected chi connectivity index (χ3v) is 3.24. The number of aliphatic carboxylic acids is 1. The van der Waals surface area contributed by atoms with Gasteiger partial charge in [-0.25, -0.2) is 4.79 Å². The van der Waals surface area contributed by atoms with Crippen LogP contribution < -0.4 is 10.1 Å². The lowest BCUT2D eigenvalue weighted by atomic mass is 10.0. The average molecular weight is 322 g/mol. The van der Waals surface area contributed by atoms with Gasteiger partial charge in [0.2, 0.25) is 0 Å². The highest BCUT2D eigenvalue weighted by atomic mass is 16.5. The second-order valence-electron chi connectivity index (χ2n) is 6.14. The van der Waals surface area contributed by atoms with Gasteiger partial charge in [-0.15, -0.1) is 0 Å². The summed E-state index contributed by atoms with van der Waals surface area (Å²) in [6.07, 6.45) is 0.380. The fraction of sp³-hybridized carbons (Fsp3) is 0.529. The SMILES string of the molecule is CC(C)C[C@@H](NC(=O)c1ccccc1OCCN(C)C)C(=O)O. The van der Waals surface area contributed by atoms with Gasteiger partial charge >= 0.3 is 5.97 Å². The van der Waals surface area contributed by atoms with Crippen molar-refractivity contribution in [2.45, 2.75) is 26.3 Å². The van der Waals surface area contributed by atoms with Gasteiger partial charge in [-0.1, -0.05) is 26.0 Å². The lowest BCUT2D eigenvalue weighted by Gasteiger charge is -2.18. The van der Waals surface area contributed by atoms with Gasteiger partial charge in [0.05, 0.1) is 5.56 Å². The zero-order chi connectivity index (χ0) is 17.4. The minimum atomic E-state index is -1.03. The molecule has 6 heteroatoms. The summed E-state index contributed by atoms with van der Waals surface area (Å²) in [5.74, 6) is -0.833. The highest BCUT2D eigenvalue weighted by Gasteiger charge is 2.23. The van der Waals surface area contributed by atoms with E-state index in [4.69, 9.17) is 4.74 Å². The Morgan fingerprint density at radius 3 is 2.48 bits per heavy atom. The number of amides is 1. The first-order valence-corrected chi connectivity index (χ1v) is 7.71. The van der Waals surface area contributed by atoms with Gasteiger partial charge in [-0.05, 0) is 38.6 Å². The van der Waals surface area contributed by atoms with E-state index in [9.17, 15) is 14.7 Å². The third-order valence-electron chi connectivity index (χ3n) is 3.24. The van der Waals surface area contributed by atoms with Crippen LogP contribution in [-0.4, -0.2) is 55.2 Å². The third kappa shape index (κ3) is 6.69. The Labute approximate surface area is 137 Å². The van der Waals surface area contributed by atoms with Crippen molar-refractivity contribution in [3.8, 4) is 5.75 Å². The fourth-order valence-electron chi connectivity index (χ4n) is 2.05. The molecule has 0 unspecified atom stereocenters. The number of rotatable bonds is 9. The Hall–Kier alpha value is -2.08. The Morgan fingerprint density at radius 2 is 1.91 bits per heavy atom. The summed E-state index contributed by atoms with van der Waals surface area (Å²) < 4.78 is 5.64. The molecule has 0 aliphatic rings. The first-order chi connectivity index (χ1) is 10.8. The lowest BCUT2D eigenvalue weighted by Crippen LogP contribution is -2.41. The van der Waals surface area contributed by atoms with Crippen molar-refractivity contribution in [1.82, 2.24) is 10.2 Å². The van der Waals surface area contributed by atoms with Crippen molar-refractivity contribution in [1.29, 1.82) is 0 Å². The summed E-state index contributed by atoms with van der Waals surface area (Å²) in [4.78, 5) is 25.7. The molecule has 6 nitrogen and oxygen atoms in total. The molecule has 128 valence electrons. The van der Waals surface area contributed by atoms with E-state index in [1.807, 2.05) is 32.8 Å². The van der Waals surface area contributed by atoms with E-state index < -0.39 is 17.9 Å². The van der Waals surface area contributed by atoms with Crippen LogP contribution in [0.4, 0.5) is 0 Å². The van der Waals surface area contributed by atoms with E-state index in [2.05, 4.69) is 5.32 Å². The van der Waals surface area contributed by atoms with Crippen molar-refractivity contribution in [3.05, 3.63) is 29.8 Å². The average Bonchev–Trinajstić information content (AvgIpc) is 2.46. The molecule has 0 saturated heterocycles. The largest absolute Gasteiger partial charge is 0.491 e. The predicted octanol–water partition coefficient (Wildman–Crippen LogP) is 1.86. The van der Waals surface area contributed by atoms with Gasteiger partial charge in [-0.3, -0.25) is 4.79 Å². The van der Waals surface area contributed by atoms with E-state index in [1.165, 1.54) is 0 Å². The topological polar surface area (TPSA) is 78.9 Å². The number of nitrogens with one attached hydrogen (secondary N) is 1. The second-order valence-corrected chi connectivity index (χ2v) is 6.14. The van der Waals surface area contributed by atoms with E-state index in [1.54, 1.807) is 24.3 Å². The van der Waals surface area contributed by atoms with Gasteiger partial charge in [0, 0.05) is 6.54 Å². The first-order valence-electron chi connectivity index (χ1n) is 7.71. The summed E-state index contributed by atoms with van der Waals surface area (Å²) in [6.45, 7) is 5.01. The molecule has 0 bridgehead atoms. The molecule has 1 aromatic rings. The van der Waals surface area contributed by atoms with Gasteiger partial charge in [0.15, 0.2) is 0 Å². The molecule has 1 amide bonds. The number of hydrogen-bond acceptors (Lipinski definition) is 4. The maximum atomic E-state index is 12.4. The zero-order valence-corrected chi connectivity index (χ0v) is 14.2. The van der Waals surface area contributed by atoms with Crippen LogP contribution in [0.15, 0.2) is 24.3 Å². The molecule has 0 radical (unpaired) electrons. The van der Waals surface area contributed by atoms with Gasteiger partial charge in [0.25, 0.3) is 5.91 Å². The van der Waals surface area contributed by atoms with Crippen LogP contribution in [0.25, 0.3) is 0 Å². The lowest BCUT2D eigenvalue weighted by molar-refractivity contribution is -0.139. The first kappa shape index (κ1) is 19.0. The number of benzene rings is 1. The number of carboxylic acids is 1. The van der Waals surface area contributed by atoms with Crippen LogP contribution in [0.3, 0.4) is 0 Å². The number of para-hydroxylation sites is 1. The zero-order valence-electron chi connectivity index (χ0n) is 14.2. The molecule has 1 rings (SSSR count). The highest BCUT2D eigenvalue weighted by molar-refractivity contribution is 5.98. The standard InChI is InChI=1S/C17H26N2O4/c1-12(2)11-14(17(21)22)18-16(20)13-7-5-6-8-15(13)23-10-9-19(3)4/h5-8,12,14H,9-11H2,1-4H3,(H,18,20)(H,21,22)/t14-/m1/s1. The van der Waals surface area contributed by atoms with Crippen LogP contribution in [0.1, 0.15) is 30.6 Å².